The number of nitrogens with zero attached hydrogens (tertiary/aromatic N) is 2. The van der Waals surface area contributed by atoms with Crippen LogP contribution in [0.4, 0.5) is 0 Å². The van der Waals surface area contributed by atoms with Crippen molar-refractivity contribution in [1.82, 2.24) is 15.0 Å². The lowest BCUT2D eigenvalue weighted by Crippen LogP contribution is -2.08. The Kier molecular flexibility index (Phi) is 3.46. The first kappa shape index (κ1) is 13.1. The second-order valence-corrected chi connectivity index (χ2v) is 6.26. The summed E-state index contributed by atoms with van der Waals surface area (Å²) < 4.78 is 12.3. The zero-order valence-electron chi connectivity index (χ0n) is 11.4. The highest BCUT2D eigenvalue weighted by atomic mass is 32.2. The Balaban J connectivity index is 1.85. The molecule has 5 heteroatoms. The van der Waals surface area contributed by atoms with Gasteiger partial charge < -0.3 is 9.54 Å². The monoisotopic (exact) mass is 285 g/mol. The Morgan fingerprint density at radius 2 is 1.95 bits per heavy atom. The van der Waals surface area contributed by atoms with E-state index < -0.39 is 11.2 Å². The minimum Gasteiger partial charge on any atom is -0.610 e. The third-order valence-electron chi connectivity index (χ3n) is 3.08. The minimum absolute atomic E-state index is 0.351. The number of aromatic nitrogens is 3. The van der Waals surface area contributed by atoms with Crippen molar-refractivity contribution >= 4 is 22.2 Å². The molecule has 0 aliphatic heterocycles. The molecular weight excluding hydrogens is 270 g/mol. The molecule has 4 nitrogen and oxygen atoms in total. The van der Waals surface area contributed by atoms with Crippen LogP contribution in [-0.2, 0) is 16.9 Å². The molecule has 0 saturated heterocycles. The number of pyridine rings is 1. The molecule has 0 saturated carbocycles. The van der Waals surface area contributed by atoms with Crippen molar-refractivity contribution in [1.29, 1.82) is 0 Å². The summed E-state index contributed by atoms with van der Waals surface area (Å²) in [6.07, 6.45) is 1.69. The summed E-state index contributed by atoms with van der Waals surface area (Å²) in [5.74, 6) is 1.08. The van der Waals surface area contributed by atoms with E-state index in [2.05, 4.69) is 15.0 Å². The lowest BCUT2D eigenvalue weighted by molar-refractivity contribution is 0.589. The van der Waals surface area contributed by atoms with Crippen molar-refractivity contribution in [3.8, 4) is 0 Å². The number of aryl methyl sites for hydroxylation is 2. The first-order chi connectivity index (χ1) is 9.61. The third-order valence-corrected chi connectivity index (χ3v) is 4.30. The van der Waals surface area contributed by atoms with Crippen LogP contribution >= 0.6 is 0 Å². The molecule has 0 amide bonds. The molecule has 1 N–H and O–H groups in total. The van der Waals surface area contributed by atoms with Crippen LogP contribution in [-0.4, -0.2) is 19.5 Å². The van der Waals surface area contributed by atoms with Gasteiger partial charge >= 0.3 is 0 Å². The van der Waals surface area contributed by atoms with Crippen molar-refractivity contribution in [2.75, 3.05) is 0 Å². The van der Waals surface area contributed by atoms with E-state index in [4.69, 9.17) is 0 Å². The zero-order valence-corrected chi connectivity index (χ0v) is 12.2. The van der Waals surface area contributed by atoms with Crippen molar-refractivity contribution in [3.63, 3.8) is 0 Å². The van der Waals surface area contributed by atoms with Crippen LogP contribution in [0.3, 0.4) is 0 Å². The fourth-order valence-corrected chi connectivity index (χ4v) is 3.10. The van der Waals surface area contributed by atoms with Gasteiger partial charge in [-0.2, -0.15) is 0 Å². The van der Waals surface area contributed by atoms with E-state index >= 15 is 0 Å². The predicted octanol–water partition coefficient (Wildman–Crippen LogP) is 2.88. The van der Waals surface area contributed by atoms with E-state index in [0.717, 1.165) is 28.0 Å². The average molecular weight is 285 g/mol. The number of hydrogen-bond acceptors (Lipinski definition) is 3. The van der Waals surface area contributed by atoms with Gasteiger partial charge in [-0.15, -0.1) is 0 Å². The molecule has 3 aromatic rings. The molecule has 2 aromatic heterocycles. The van der Waals surface area contributed by atoms with Crippen LogP contribution < -0.4 is 0 Å². The van der Waals surface area contributed by atoms with Crippen LogP contribution in [0.2, 0.25) is 0 Å². The van der Waals surface area contributed by atoms with Crippen molar-refractivity contribution < 1.29 is 4.55 Å². The van der Waals surface area contributed by atoms with Crippen LogP contribution in [0, 0.1) is 13.8 Å². The highest BCUT2D eigenvalue weighted by Gasteiger charge is 2.16. The summed E-state index contributed by atoms with van der Waals surface area (Å²) >= 11 is -1.18. The maximum Gasteiger partial charge on any atom is 0.245 e. The van der Waals surface area contributed by atoms with Gasteiger partial charge in [0, 0.05) is 23.4 Å². The Labute approximate surface area is 120 Å². The van der Waals surface area contributed by atoms with Gasteiger partial charge in [0.15, 0.2) is 11.6 Å². The number of nitrogens with one attached hydrogen (secondary N) is 1. The van der Waals surface area contributed by atoms with Gasteiger partial charge in [-0.3, -0.25) is 0 Å². The predicted molar refractivity (Wildman–Crippen MR) is 79.9 cm³/mol. The van der Waals surface area contributed by atoms with Crippen molar-refractivity contribution in [2.24, 2.45) is 0 Å². The smallest absolute Gasteiger partial charge is 0.245 e. The maximum absolute atomic E-state index is 12.3. The molecule has 2 heterocycles. The van der Waals surface area contributed by atoms with Crippen LogP contribution in [0.1, 0.15) is 17.0 Å². The van der Waals surface area contributed by atoms with E-state index in [1.54, 1.807) is 6.20 Å². The van der Waals surface area contributed by atoms with E-state index in [9.17, 15) is 4.55 Å². The van der Waals surface area contributed by atoms with E-state index in [0.29, 0.717) is 10.8 Å². The molecule has 1 atom stereocenters. The van der Waals surface area contributed by atoms with Gasteiger partial charge in [0.1, 0.15) is 0 Å². The number of fused-ring (bicyclic) bond motifs is 1. The fourth-order valence-electron chi connectivity index (χ4n) is 2.07. The first-order valence-electron chi connectivity index (χ1n) is 6.38. The molecule has 0 bridgehead atoms. The molecule has 1 aromatic carbocycles. The summed E-state index contributed by atoms with van der Waals surface area (Å²) in [4.78, 5) is 11.9. The average Bonchev–Trinajstić information content (AvgIpc) is 2.80. The highest BCUT2D eigenvalue weighted by Crippen LogP contribution is 2.17. The van der Waals surface area contributed by atoms with Crippen LogP contribution in [0.25, 0.3) is 11.0 Å². The van der Waals surface area contributed by atoms with E-state index in [-0.39, 0.29) is 0 Å². The van der Waals surface area contributed by atoms with E-state index in [1.165, 1.54) is 0 Å². The zero-order chi connectivity index (χ0) is 14.1. The second kappa shape index (κ2) is 5.26. The molecule has 1 unspecified atom stereocenters. The van der Waals surface area contributed by atoms with Gasteiger partial charge in [0.2, 0.25) is 5.03 Å². The molecule has 0 aliphatic rings. The number of imidazole rings is 1. The van der Waals surface area contributed by atoms with Gasteiger partial charge in [-0.05, 0) is 43.2 Å². The Hall–Kier alpha value is -1.85. The lowest BCUT2D eigenvalue weighted by atomic mass is 10.2. The number of aromatic amines is 1. The molecule has 0 spiro atoms. The highest BCUT2D eigenvalue weighted by molar-refractivity contribution is 7.90. The largest absolute Gasteiger partial charge is 0.610 e. The SMILES string of the molecule is Cc1ccnc([S+]([O-])Cc2nc3cc(C)ccc3[nH]2)c1. The number of rotatable bonds is 3. The molecule has 0 fully saturated rings. The van der Waals surface area contributed by atoms with Gasteiger partial charge in [-0.1, -0.05) is 6.07 Å². The Morgan fingerprint density at radius 1 is 1.15 bits per heavy atom. The molecule has 0 aliphatic carbocycles. The summed E-state index contributed by atoms with van der Waals surface area (Å²) in [5.41, 5.74) is 4.11. The molecule has 0 radical (unpaired) electrons. The first-order valence-corrected chi connectivity index (χ1v) is 7.70. The summed E-state index contributed by atoms with van der Waals surface area (Å²) in [6, 6.07) is 9.79. The third kappa shape index (κ3) is 2.69. The van der Waals surface area contributed by atoms with Crippen molar-refractivity contribution in [3.05, 3.63) is 53.5 Å². The quantitative estimate of drug-likeness (QED) is 0.752. The Bertz CT molecular complexity index is 754. The van der Waals surface area contributed by atoms with Gasteiger partial charge in [0.05, 0.1) is 11.0 Å². The molecule has 3 rings (SSSR count). The standard InChI is InChI=1S/C15H15N3OS/c1-10-3-4-12-13(7-10)18-14(17-12)9-20(19)15-8-11(2)5-6-16-15/h3-8H,9H2,1-2H3,(H,17,18). The molecule has 20 heavy (non-hydrogen) atoms. The van der Waals surface area contributed by atoms with Gasteiger partial charge in [0.25, 0.3) is 0 Å². The maximum atomic E-state index is 12.3. The molecular formula is C15H15N3OS. The molecule has 102 valence electrons. The van der Waals surface area contributed by atoms with Crippen molar-refractivity contribution in [2.45, 2.75) is 24.6 Å². The Morgan fingerprint density at radius 3 is 2.75 bits per heavy atom. The summed E-state index contributed by atoms with van der Waals surface area (Å²) in [7, 11) is 0. The minimum atomic E-state index is -1.18. The van der Waals surface area contributed by atoms with E-state index in [1.807, 2.05) is 44.2 Å². The normalized spacial score (nSPS) is 12.8. The summed E-state index contributed by atoms with van der Waals surface area (Å²) in [6.45, 7) is 3.99. The number of benzene rings is 1. The van der Waals surface area contributed by atoms with Crippen LogP contribution in [0.5, 0.6) is 0 Å². The van der Waals surface area contributed by atoms with Crippen LogP contribution in [0.15, 0.2) is 41.6 Å². The lowest BCUT2D eigenvalue weighted by Gasteiger charge is -2.07. The number of H-pyrrole nitrogens is 1. The second-order valence-electron chi connectivity index (χ2n) is 4.87. The summed E-state index contributed by atoms with van der Waals surface area (Å²) in [5, 5.41) is 0.599. The number of hydrogen-bond donors (Lipinski definition) is 1. The van der Waals surface area contributed by atoms with Gasteiger partial charge in [-0.25, -0.2) is 9.97 Å². The topological polar surface area (TPSA) is 64.6 Å². The fraction of sp³-hybridized carbons (Fsp3) is 0.200.